The Kier molecular flexibility index (Phi) is 6.22. The van der Waals surface area contributed by atoms with Gasteiger partial charge in [0.1, 0.15) is 0 Å². The zero-order valence-corrected chi connectivity index (χ0v) is 12.9. The van der Waals surface area contributed by atoms with Gasteiger partial charge < -0.3 is 4.74 Å². The number of nitrogens with zero attached hydrogens (tertiary/aromatic N) is 2. The Balaban J connectivity index is 1.43. The van der Waals surface area contributed by atoms with Crippen LogP contribution in [0.2, 0.25) is 0 Å². The van der Waals surface area contributed by atoms with Crippen molar-refractivity contribution in [3.05, 3.63) is 24.3 Å². The van der Waals surface area contributed by atoms with E-state index in [2.05, 4.69) is 0 Å². The van der Waals surface area contributed by atoms with Crippen LogP contribution in [0.4, 0.5) is 0 Å². The molecule has 0 N–H and O–H groups in total. The first-order valence-electron chi connectivity index (χ1n) is 7.74. The lowest BCUT2D eigenvalue weighted by Gasteiger charge is -2.14. The second kappa shape index (κ2) is 8.38. The van der Waals surface area contributed by atoms with Gasteiger partial charge in [0.2, 0.25) is 0 Å². The summed E-state index contributed by atoms with van der Waals surface area (Å²) in [5, 5.41) is 0. The lowest BCUT2D eigenvalue weighted by atomic mass is 10.3. The third-order valence-corrected chi connectivity index (χ3v) is 3.64. The molecule has 2 aliphatic heterocycles. The van der Waals surface area contributed by atoms with E-state index in [-0.39, 0.29) is 23.6 Å². The molecule has 0 saturated carbocycles. The van der Waals surface area contributed by atoms with Crippen molar-refractivity contribution in [2.75, 3.05) is 26.3 Å². The molecule has 7 nitrogen and oxygen atoms in total. The van der Waals surface area contributed by atoms with Crippen molar-refractivity contribution in [3.63, 3.8) is 0 Å². The van der Waals surface area contributed by atoms with E-state index < -0.39 is 0 Å². The molecule has 0 aromatic heterocycles. The fraction of sp³-hybridized carbons (Fsp3) is 0.500. The van der Waals surface area contributed by atoms with E-state index in [0.717, 1.165) is 12.8 Å². The standard InChI is InChI=1S/C16H20N2O5/c19-13-5-6-14(20)17(13)9-1-3-11-23-12-4-2-10-18-15(21)7-8-16(18)22/h5-8H,1-4,9-12H2. The molecular weight excluding hydrogens is 300 g/mol. The maximum Gasteiger partial charge on any atom is 0.253 e. The summed E-state index contributed by atoms with van der Waals surface area (Å²) < 4.78 is 5.46. The summed E-state index contributed by atoms with van der Waals surface area (Å²) in [6.07, 6.45) is 8.08. The smallest absolute Gasteiger partial charge is 0.253 e. The Hall–Kier alpha value is -2.28. The third-order valence-electron chi connectivity index (χ3n) is 3.64. The topological polar surface area (TPSA) is 84.0 Å². The summed E-state index contributed by atoms with van der Waals surface area (Å²) >= 11 is 0. The molecule has 2 heterocycles. The molecule has 23 heavy (non-hydrogen) atoms. The molecule has 0 aromatic rings. The van der Waals surface area contributed by atoms with Gasteiger partial charge in [-0.1, -0.05) is 0 Å². The molecule has 124 valence electrons. The first-order chi connectivity index (χ1) is 11.1. The molecule has 2 aliphatic rings. The number of ether oxygens (including phenoxy) is 1. The van der Waals surface area contributed by atoms with Crippen LogP contribution in [0, 0.1) is 0 Å². The number of rotatable bonds is 10. The summed E-state index contributed by atoms with van der Waals surface area (Å²) in [5.74, 6) is -1.01. The van der Waals surface area contributed by atoms with Crippen LogP contribution in [-0.4, -0.2) is 59.7 Å². The van der Waals surface area contributed by atoms with E-state index in [1.165, 1.54) is 34.1 Å². The van der Waals surface area contributed by atoms with Crippen molar-refractivity contribution in [3.8, 4) is 0 Å². The monoisotopic (exact) mass is 320 g/mol. The van der Waals surface area contributed by atoms with E-state index in [1.807, 2.05) is 0 Å². The third kappa shape index (κ3) is 4.85. The lowest BCUT2D eigenvalue weighted by molar-refractivity contribution is -0.138. The highest BCUT2D eigenvalue weighted by atomic mass is 16.5. The highest BCUT2D eigenvalue weighted by Gasteiger charge is 2.23. The molecular formula is C16H20N2O5. The fourth-order valence-electron chi connectivity index (χ4n) is 2.35. The zero-order valence-electron chi connectivity index (χ0n) is 12.9. The molecule has 0 radical (unpaired) electrons. The number of amides is 4. The Bertz CT molecular complexity index is 469. The van der Waals surface area contributed by atoms with Crippen molar-refractivity contribution in [2.24, 2.45) is 0 Å². The van der Waals surface area contributed by atoms with Crippen molar-refractivity contribution in [1.29, 1.82) is 0 Å². The van der Waals surface area contributed by atoms with Crippen LogP contribution in [0.25, 0.3) is 0 Å². The number of hydrogen-bond acceptors (Lipinski definition) is 5. The molecule has 2 rings (SSSR count). The highest BCUT2D eigenvalue weighted by molar-refractivity contribution is 6.13. The van der Waals surface area contributed by atoms with Crippen molar-refractivity contribution >= 4 is 23.6 Å². The van der Waals surface area contributed by atoms with E-state index in [9.17, 15) is 19.2 Å². The Labute approximate surface area is 134 Å². The Morgan fingerprint density at radius 3 is 1.30 bits per heavy atom. The number of carbonyl (C=O) groups excluding carboxylic acids is 4. The molecule has 0 aromatic carbocycles. The Morgan fingerprint density at radius 1 is 0.609 bits per heavy atom. The molecule has 0 unspecified atom stereocenters. The molecule has 0 atom stereocenters. The van der Waals surface area contributed by atoms with E-state index in [0.29, 0.717) is 39.1 Å². The average Bonchev–Trinajstić information content (AvgIpc) is 3.02. The molecule has 0 aliphatic carbocycles. The lowest BCUT2D eigenvalue weighted by Crippen LogP contribution is -2.31. The van der Waals surface area contributed by atoms with Crippen molar-refractivity contribution in [2.45, 2.75) is 25.7 Å². The SMILES string of the molecule is O=C1C=CC(=O)N1CCCCOCCCCN1C(=O)C=CC1=O. The van der Waals surface area contributed by atoms with Gasteiger partial charge in [-0.05, 0) is 25.7 Å². The average molecular weight is 320 g/mol. The molecule has 0 spiro atoms. The maximum atomic E-state index is 11.3. The van der Waals surface area contributed by atoms with Gasteiger partial charge in [0, 0.05) is 50.6 Å². The number of carbonyl (C=O) groups is 4. The van der Waals surface area contributed by atoms with Crippen molar-refractivity contribution < 1.29 is 23.9 Å². The van der Waals surface area contributed by atoms with Crippen LogP contribution in [-0.2, 0) is 23.9 Å². The van der Waals surface area contributed by atoms with Crippen LogP contribution in [0.5, 0.6) is 0 Å². The fourth-order valence-corrected chi connectivity index (χ4v) is 2.35. The molecule has 0 saturated heterocycles. The molecule has 0 bridgehead atoms. The second-order valence-electron chi connectivity index (χ2n) is 5.35. The summed E-state index contributed by atoms with van der Waals surface area (Å²) in [6, 6.07) is 0. The highest BCUT2D eigenvalue weighted by Crippen LogP contribution is 2.07. The van der Waals surface area contributed by atoms with Gasteiger partial charge >= 0.3 is 0 Å². The summed E-state index contributed by atoms with van der Waals surface area (Å²) in [7, 11) is 0. The van der Waals surface area contributed by atoms with Crippen LogP contribution >= 0.6 is 0 Å². The minimum absolute atomic E-state index is 0.253. The van der Waals surface area contributed by atoms with E-state index in [1.54, 1.807) is 0 Å². The number of hydrogen-bond donors (Lipinski definition) is 0. The minimum Gasteiger partial charge on any atom is -0.381 e. The van der Waals surface area contributed by atoms with Gasteiger partial charge in [0.15, 0.2) is 0 Å². The van der Waals surface area contributed by atoms with Gasteiger partial charge in [-0.2, -0.15) is 0 Å². The predicted octanol–water partition coefficient (Wildman–Crippen LogP) is 0.413. The molecule has 4 amide bonds. The summed E-state index contributed by atoms with van der Waals surface area (Å²) in [6.45, 7) is 1.96. The van der Waals surface area contributed by atoms with Gasteiger partial charge in [0.05, 0.1) is 0 Å². The van der Waals surface area contributed by atoms with E-state index >= 15 is 0 Å². The zero-order chi connectivity index (χ0) is 16.7. The predicted molar refractivity (Wildman–Crippen MR) is 81.0 cm³/mol. The Morgan fingerprint density at radius 2 is 0.957 bits per heavy atom. The first kappa shape index (κ1) is 17.1. The summed E-state index contributed by atoms with van der Waals surface area (Å²) in [5.41, 5.74) is 0. The normalized spacial score (nSPS) is 17.2. The number of unbranched alkanes of at least 4 members (excludes halogenated alkanes) is 2. The largest absolute Gasteiger partial charge is 0.381 e. The van der Waals surface area contributed by atoms with Crippen LogP contribution in [0.15, 0.2) is 24.3 Å². The summed E-state index contributed by atoms with van der Waals surface area (Å²) in [4.78, 5) is 47.7. The maximum absolute atomic E-state index is 11.3. The second-order valence-corrected chi connectivity index (χ2v) is 5.35. The van der Waals surface area contributed by atoms with E-state index in [4.69, 9.17) is 4.74 Å². The van der Waals surface area contributed by atoms with Gasteiger partial charge in [-0.3, -0.25) is 29.0 Å². The number of imide groups is 2. The van der Waals surface area contributed by atoms with Crippen LogP contribution in [0.3, 0.4) is 0 Å². The van der Waals surface area contributed by atoms with Gasteiger partial charge in [-0.25, -0.2) is 0 Å². The minimum atomic E-state index is -0.253. The van der Waals surface area contributed by atoms with Crippen LogP contribution in [0.1, 0.15) is 25.7 Å². The first-order valence-corrected chi connectivity index (χ1v) is 7.74. The quantitative estimate of drug-likeness (QED) is 0.430. The molecule has 0 fully saturated rings. The van der Waals surface area contributed by atoms with Gasteiger partial charge in [0.25, 0.3) is 23.6 Å². The van der Waals surface area contributed by atoms with Gasteiger partial charge in [-0.15, -0.1) is 0 Å². The molecule has 7 heteroatoms. The van der Waals surface area contributed by atoms with Crippen LogP contribution < -0.4 is 0 Å². The van der Waals surface area contributed by atoms with Crippen molar-refractivity contribution in [1.82, 2.24) is 9.80 Å².